The van der Waals surface area contributed by atoms with Crippen LogP contribution in [0.25, 0.3) is 0 Å². The molecule has 3 nitrogen and oxygen atoms in total. The Kier molecular flexibility index (Phi) is 5.35. The fraction of sp³-hybridized carbons (Fsp3) is 0.364. The smallest absolute Gasteiger partial charge is 0.234 e. The number of hydrogen-bond donors (Lipinski definition) is 1. The number of aryl methyl sites for hydroxylation is 1. The van der Waals surface area contributed by atoms with Gasteiger partial charge in [0.1, 0.15) is 4.32 Å². The highest BCUT2D eigenvalue weighted by molar-refractivity contribution is 8.23. The monoisotopic (exact) mass is 397 g/mol. The molecule has 27 heavy (non-hydrogen) atoms. The van der Waals surface area contributed by atoms with Crippen molar-refractivity contribution in [1.82, 2.24) is 4.90 Å². The van der Waals surface area contributed by atoms with Gasteiger partial charge in [0.15, 0.2) is 0 Å². The van der Waals surface area contributed by atoms with Gasteiger partial charge in [0, 0.05) is 5.25 Å². The second kappa shape index (κ2) is 7.74. The van der Waals surface area contributed by atoms with Crippen LogP contribution in [0.3, 0.4) is 0 Å². The minimum absolute atomic E-state index is 0.00923. The Morgan fingerprint density at radius 2 is 1.93 bits per heavy atom. The van der Waals surface area contributed by atoms with E-state index in [1.165, 1.54) is 16.7 Å². The molecule has 1 aliphatic carbocycles. The average Bonchev–Trinajstić information content (AvgIpc) is 3.20. The zero-order chi connectivity index (χ0) is 19.0. The Hall–Kier alpha value is -1.69. The lowest BCUT2D eigenvalue weighted by Crippen LogP contribution is -2.41. The van der Waals surface area contributed by atoms with Crippen LogP contribution in [0.5, 0.6) is 0 Å². The zero-order valence-electron chi connectivity index (χ0n) is 15.2. The lowest BCUT2D eigenvalue weighted by atomic mass is 9.95. The van der Waals surface area contributed by atoms with Gasteiger partial charge in [0.25, 0.3) is 0 Å². The van der Waals surface area contributed by atoms with E-state index >= 15 is 0 Å². The highest BCUT2D eigenvalue weighted by Gasteiger charge is 2.48. The van der Waals surface area contributed by atoms with Crippen LogP contribution < -0.4 is 0 Å². The fourth-order valence-corrected chi connectivity index (χ4v) is 5.88. The van der Waals surface area contributed by atoms with E-state index in [1.807, 2.05) is 49.4 Å². The summed E-state index contributed by atoms with van der Waals surface area (Å²) in [6, 6.07) is 18.4. The molecule has 1 amide bonds. The molecule has 140 valence electrons. The molecular formula is C22H23NO2S2. The maximum absolute atomic E-state index is 13.2. The maximum Gasteiger partial charge on any atom is 0.234 e. The molecule has 1 heterocycles. The number of nitrogens with zero attached hydrogens (tertiary/aromatic N) is 1. The van der Waals surface area contributed by atoms with E-state index in [2.05, 4.69) is 12.1 Å². The number of benzene rings is 2. The van der Waals surface area contributed by atoms with Gasteiger partial charge in [-0.15, -0.1) is 0 Å². The van der Waals surface area contributed by atoms with Gasteiger partial charge in [-0.25, -0.2) is 0 Å². The van der Waals surface area contributed by atoms with E-state index in [1.54, 1.807) is 16.7 Å². The van der Waals surface area contributed by atoms with Crippen LogP contribution in [0.1, 0.15) is 36.1 Å². The van der Waals surface area contributed by atoms with Crippen molar-refractivity contribution < 1.29 is 9.90 Å². The summed E-state index contributed by atoms with van der Waals surface area (Å²) >= 11 is 7.16. The van der Waals surface area contributed by atoms with Crippen molar-refractivity contribution in [2.24, 2.45) is 5.92 Å². The molecule has 0 spiro atoms. The van der Waals surface area contributed by atoms with Crippen LogP contribution in [0.15, 0.2) is 54.6 Å². The van der Waals surface area contributed by atoms with Crippen LogP contribution in [-0.2, 0) is 17.6 Å². The lowest BCUT2D eigenvalue weighted by molar-refractivity contribution is -0.135. The molecule has 0 radical (unpaired) electrons. The molecule has 4 rings (SSSR count). The minimum atomic E-state index is -0.679. The summed E-state index contributed by atoms with van der Waals surface area (Å²) < 4.78 is 0.645. The first-order valence-electron chi connectivity index (χ1n) is 9.39. The van der Waals surface area contributed by atoms with Gasteiger partial charge in [-0.1, -0.05) is 85.5 Å². The molecule has 2 aromatic rings. The summed E-state index contributed by atoms with van der Waals surface area (Å²) in [6.45, 7) is 1.82. The quantitative estimate of drug-likeness (QED) is 0.770. The number of carbonyl (C=O) groups is 1. The summed E-state index contributed by atoms with van der Waals surface area (Å²) in [5.41, 5.74) is 3.68. The van der Waals surface area contributed by atoms with E-state index in [-0.39, 0.29) is 11.9 Å². The third-order valence-corrected chi connectivity index (χ3v) is 7.26. The summed E-state index contributed by atoms with van der Waals surface area (Å²) in [4.78, 5) is 15.0. The number of aliphatic hydroxyl groups excluding tert-OH is 1. The first-order chi connectivity index (χ1) is 13.1. The van der Waals surface area contributed by atoms with E-state index in [0.29, 0.717) is 16.0 Å². The van der Waals surface area contributed by atoms with Gasteiger partial charge in [-0.05, 0) is 36.0 Å². The Morgan fingerprint density at radius 3 is 2.70 bits per heavy atom. The normalized spacial score (nSPS) is 23.0. The highest BCUT2D eigenvalue weighted by atomic mass is 32.2. The molecule has 1 N–H and O–H groups in total. The van der Waals surface area contributed by atoms with Crippen molar-refractivity contribution in [3.05, 3.63) is 71.3 Å². The number of hydrogen-bond acceptors (Lipinski definition) is 4. The molecule has 1 aliphatic heterocycles. The third kappa shape index (κ3) is 3.56. The number of amides is 1. The molecule has 1 unspecified atom stereocenters. The number of carbonyl (C=O) groups excluding carboxylic acids is 1. The molecule has 0 bridgehead atoms. The second-order valence-electron chi connectivity index (χ2n) is 7.36. The minimum Gasteiger partial charge on any atom is -0.392 e. The van der Waals surface area contributed by atoms with Crippen LogP contribution in [0.4, 0.5) is 0 Å². The molecule has 1 fully saturated rings. The molecule has 1 saturated heterocycles. The Morgan fingerprint density at radius 1 is 1.22 bits per heavy atom. The van der Waals surface area contributed by atoms with Crippen molar-refractivity contribution in [3.8, 4) is 0 Å². The van der Waals surface area contributed by atoms with E-state index in [9.17, 15) is 9.90 Å². The standard InChI is InChI=1S/C22H23NO2S2/c1-14(18(24)12-11-15-7-3-2-4-8-15)21(25)23-20-17-10-6-5-9-16(17)13-19(20)27-22(23)26/h2-10,14,18-20,24H,11-13H2,1H3/t14?,18-,19+,20-/m0/s1. The molecule has 2 aliphatic rings. The molecule has 5 heteroatoms. The third-order valence-electron chi connectivity index (χ3n) is 5.65. The Bertz CT molecular complexity index is 854. The van der Waals surface area contributed by atoms with Crippen LogP contribution in [0, 0.1) is 5.92 Å². The average molecular weight is 398 g/mol. The summed E-state index contributed by atoms with van der Waals surface area (Å²) in [6.07, 6.45) is 1.59. The van der Waals surface area contributed by atoms with Gasteiger partial charge < -0.3 is 5.11 Å². The van der Waals surface area contributed by atoms with Crippen LogP contribution >= 0.6 is 24.0 Å². The first kappa shape index (κ1) is 18.7. The zero-order valence-corrected chi connectivity index (χ0v) is 16.9. The Balaban J connectivity index is 1.47. The van der Waals surface area contributed by atoms with Gasteiger partial charge in [-0.2, -0.15) is 0 Å². The molecule has 0 aromatic heterocycles. The summed E-state index contributed by atoms with van der Waals surface area (Å²) in [7, 11) is 0. The Labute approximate surface area is 169 Å². The largest absolute Gasteiger partial charge is 0.392 e. The van der Waals surface area contributed by atoms with E-state index < -0.39 is 12.0 Å². The van der Waals surface area contributed by atoms with E-state index in [0.717, 1.165) is 12.8 Å². The van der Waals surface area contributed by atoms with Crippen molar-refractivity contribution >= 4 is 34.2 Å². The topological polar surface area (TPSA) is 40.5 Å². The van der Waals surface area contributed by atoms with E-state index in [4.69, 9.17) is 12.2 Å². The lowest BCUT2D eigenvalue weighted by Gasteiger charge is -2.28. The van der Waals surface area contributed by atoms with Crippen molar-refractivity contribution in [2.75, 3.05) is 0 Å². The van der Waals surface area contributed by atoms with Gasteiger partial charge in [-0.3, -0.25) is 9.69 Å². The maximum atomic E-state index is 13.2. The summed E-state index contributed by atoms with van der Waals surface area (Å²) in [5, 5.41) is 10.9. The van der Waals surface area contributed by atoms with Crippen LogP contribution in [-0.4, -0.2) is 31.6 Å². The molecular weight excluding hydrogens is 374 g/mol. The SMILES string of the molecule is CC(C(=O)N1C(=S)S[C@@H]2Cc3ccccc3[C@@H]21)[C@@H](O)CCc1ccccc1. The number of thioether (sulfide) groups is 1. The van der Waals surface area contributed by atoms with Crippen molar-refractivity contribution in [1.29, 1.82) is 0 Å². The summed E-state index contributed by atoms with van der Waals surface area (Å²) in [5.74, 6) is -0.531. The predicted octanol–water partition coefficient (Wildman–Crippen LogP) is 4.14. The van der Waals surface area contributed by atoms with Gasteiger partial charge in [0.05, 0.1) is 18.1 Å². The molecule has 0 saturated carbocycles. The van der Waals surface area contributed by atoms with Crippen LogP contribution in [0.2, 0.25) is 0 Å². The van der Waals surface area contributed by atoms with Crippen molar-refractivity contribution in [2.45, 2.75) is 43.6 Å². The fourth-order valence-electron chi connectivity index (χ4n) is 4.07. The number of aliphatic hydroxyl groups is 1. The van der Waals surface area contributed by atoms with Crippen molar-refractivity contribution in [3.63, 3.8) is 0 Å². The van der Waals surface area contributed by atoms with Gasteiger partial charge in [0.2, 0.25) is 5.91 Å². The number of rotatable bonds is 5. The number of fused-ring (bicyclic) bond motifs is 3. The number of thiocarbonyl (C=S) groups is 1. The second-order valence-corrected chi connectivity index (χ2v) is 9.23. The predicted molar refractivity (Wildman–Crippen MR) is 114 cm³/mol. The molecule has 4 atom stereocenters. The first-order valence-corrected chi connectivity index (χ1v) is 10.7. The molecule has 2 aromatic carbocycles. The highest BCUT2D eigenvalue weighted by Crippen LogP contribution is 2.49. The van der Waals surface area contributed by atoms with Gasteiger partial charge >= 0.3 is 0 Å².